The van der Waals surface area contributed by atoms with Crippen LogP contribution in [0.5, 0.6) is 0 Å². The zero-order valence-electron chi connectivity index (χ0n) is 8.68. The van der Waals surface area contributed by atoms with Gasteiger partial charge in [0.15, 0.2) is 0 Å². The second-order valence-electron chi connectivity index (χ2n) is 3.62. The molecule has 0 fully saturated rings. The van der Waals surface area contributed by atoms with Gasteiger partial charge in [0.1, 0.15) is 0 Å². The van der Waals surface area contributed by atoms with Gasteiger partial charge < -0.3 is 0 Å². The van der Waals surface area contributed by atoms with Crippen molar-refractivity contribution in [3.63, 3.8) is 0 Å². The molecular weight excluding hydrogens is 476 g/mol. The van der Waals surface area contributed by atoms with Crippen molar-refractivity contribution in [2.75, 3.05) is 0 Å². The fraction of sp³-hybridized carbons (Fsp3) is 0.0769. The summed E-state index contributed by atoms with van der Waals surface area (Å²) in [6.07, 6.45) is 0.909. The summed E-state index contributed by atoms with van der Waals surface area (Å²) in [6.45, 7) is 0. The molecular formula is C13H8Br4. The van der Waals surface area contributed by atoms with Crippen molar-refractivity contribution < 1.29 is 0 Å². The Hall–Kier alpha value is 0.360. The summed E-state index contributed by atoms with van der Waals surface area (Å²) < 4.78 is 4.22. The molecule has 88 valence electrons. The van der Waals surface area contributed by atoms with Gasteiger partial charge in [0, 0.05) is 17.9 Å². The van der Waals surface area contributed by atoms with E-state index in [1.807, 2.05) is 6.07 Å². The van der Waals surface area contributed by atoms with Crippen LogP contribution < -0.4 is 0 Å². The lowest BCUT2D eigenvalue weighted by molar-refractivity contribution is 1.16. The highest BCUT2D eigenvalue weighted by Crippen LogP contribution is 2.39. The largest absolute Gasteiger partial charge is 0.0622 e. The van der Waals surface area contributed by atoms with E-state index in [0.717, 1.165) is 24.3 Å². The van der Waals surface area contributed by atoms with Gasteiger partial charge in [0.25, 0.3) is 0 Å². The Kier molecular flexibility index (Phi) is 4.87. The van der Waals surface area contributed by atoms with E-state index in [9.17, 15) is 0 Å². The highest BCUT2D eigenvalue weighted by Gasteiger charge is 2.11. The first-order chi connectivity index (χ1) is 8.09. The molecule has 0 saturated carbocycles. The van der Waals surface area contributed by atoms with Crippen LogP contribution in [0.1, 0.15) is 11.1 Å². The predicted octanol–water partition coefficient (Wildman–Crippen LogP) is 6.33. The fourth-order valence-electron chi connectivity index (χ4n) is 1.57. The maximum atomic E-state index is 3.62. The molecule has 0 unspecified atom stereocenters. The number of halogens is 4. The molecule has 0 saturated heterocycles. The van der Waals surface area contributed by atoms with Crippen LogP contribution in [0.3, 0.4) is 0 Å². The Morgan fingerprint density at radius 3 is 2.06 bits per heavy atom. The first-order valence-electron chi connectivity index (χ1n) is 4.95. The fourth-order valence-corrected chi connectivity index (χ4v) is 3.81. The minimum atomic E-state index is 0.909. The molecule has 2 aromatic carbocycles. The lowest BCUT2D eigenvalue weighted by atomic mass is 10.1. The summed E-state index contributed by atoms with van der Waals surface area (Å²) in [7, 11) is 0. The second kappa shape index (κ2) is 6.00. The molecule has 0 heterocycles. The van der Waals surface area contributed by atoms with Crippen molar-refractivity contribution in [2.45, 2.75) is 6.42 Å². The first kappa shape index (κ1) is 13.8. The van der Waals surface area contributed by atoms with Gasteiger partial charge in [-0.05, 0) is 87.3 Å². The molecule has 0 aromatic heterocycles. The summed E-state index contributed by atoms with van der Waals surface area (Å²) in [6, 6.07) is 12.6. The summed E-state index contributed by atoms with van der Waals surface area (Å²) in [5.74, 6) is 0. The second-order valence-corrected chi connectivity index (χ2v) is 6.86. The van der Waals surface area contributed by atoms with Crippen LogP contribution in [0, 0.1) is 0 Å². The predicted molar refractivity (Wildman–Crippen MR) is 86.5 cm³/mol. The molecule has 0 amide bonds. The van der Waals surface area contributed by atoms with Crippen LogP contribution in [-0.2, 0) is 6.42 Å². The van der Waals surface area contributed by atoms with Crippen molar-refractivity contribution in [3.8, 4) is 0 Å². The van der Waals surface area contributed by atoms with Crippen molar-refractivity contribution in [3.05, 3.63) is 65.4 Å². The minimum Gasteiger partial charge on any atom is -0.0622 e. The van der Waals surface area contributed by atoms with E-state index < -0.39 is 0 Å². The van der Waals surface area contributed by atoms with Gasteiger partial charge in [-0.1, -0.05) is 30.3 Å². The molecule has 0 aliphatic heterocycles. The average Bonchev–Trinajstić information content (AvgIpc) is 2.35. The van der Waals surface area contributed by atoms with E-state index in [0.29, 0.717) is 0 Å². The molecule has 0 nitrogen and oxygen atoms in total. The lowest BCUT2D eigenvalue weighted by Gasteiger charge is -2.10. The Morgan fingerprint density at radius 1 is 0.765 bits per heavy atom. The van der Waals surface area contributed by atoms with Crippen LogP contribution in [0.25, 0.3) is 0 Å². The number of benzene rings is 2. The summed E-state index contributed by atoms with van der Waals surface area (Å²) in [4.78, 5) is 0. The standard InChI is InChI=1S/C13H8Br4/c14-10-7-9(11(15)13(17)12(10)16)6-8-4-2-1-3-5-8/h1-5,7H,6H2. The summed E-state index contributed by atoms with van der Waals surface area (Å²) in [5.41, 5.74) is 2.55. The van der Waals surface area contributed by atoms with Gasteiger partial charge in [0.2, 0.25) is 0 Å². The molecule has 0 aliphatic rings. The SMILES string of the molecule is Brc1cc(Cc2ccccc2)c(Br)c(Br)c1Br. The Balaban J connectivity index is 2.41. The normalized spacial score (nSPS) is 10.6. The molecule has 0 aliphatic carbocycles. The maximum Gasteiger partial charge on any atom is 0.0473 e. The van der Waals surface area contributed by atoms with Crippen molar-refractivity contribution in [1.29, 1.82) is 0 Å². The molecule has 4 heteroatoms. The van der Waals surface area contributed by atoms with E-state index in [2.05, 4.69) is 94.1 Å². The molecule has 0 N–H and O–H groups in total. The zero-order valence-corrected chi connectivity index (χ0v) is 15.0. The van der Waals surface area contributed by atoms with Gasteiger partial charge in [-0.25, -0.2) is 0 Å². The number of hydrogen-bond acceptors (Lipinski definition) is 0. The molecule has 2 rings (SSSR count). The monoisotopic (exact) mass is 480 g/mol. The van der Waals surface area contributed by atoms with Crippen LogP contribution >= 0.6 is 63.7 Å². The summed E-state index contributed by atoms with van der Waals surface area (Å²) >= 11 is 14.3. The third-order valence-corrected chi connectivity index (χ3v) is 7.16. The van der Waals surface area contributed by atoms with E-state index in [1.54, 1.807) is 0 Å². The van der Waals surface area contributed by atoms with Gasteiger partial charge in [-0.3, -0.25) is 0 Å². The van der Waals surface area contributed by atoms with Crippen LogP contribution in [0.2, 0.25) is 0 Å². The van der Waals surface area contributed by atoms with Crippen molar-refractivity contribution >= 4 is 63.7 Å². The molecule has 0 bridgehead atoms. The van der Waals surface area contributed by atoms with Crippen LogP contribution in [0.15, 0.2) is 54.3 Å². The quantitative estimate of drug-likeness (QED) is 0.346. The number of hydrogen-bond donors (Lipinski definition) is 0. The van der Waals surface area contributed by atoms with E-state index in [4.69, 9.17) is 0 Å². The number of rotatable bonds is 2. The van der Waals surface area contributed by atoms with Crippen molar-refractivity contribution in [2.24, 2.45) is 0 Å². The summed E-state index contributed by atoms with van der Waals surface area (Å²) in [5, 5.41) is 0. The van der Waals surface area contributed by atoms with E-state index in [-0.39, 0.29) is 0 Å². The highest BCUT2D eigenvalue weighted by atomic mass is 79.9. The Bertz CT molecular complexity index is 535. The van der Waals surface area contributed by atoms with Crippen molar-refractivity contribution in [1.82, 2.24) is 0 Å². The van der Waals surface area contributed by atoms with Gasteiger partial charge in [0.05, 0.1) is 0 Å². The topological polar surface area (TPSA) is 0 Å². The van der Waals surface area contributed by atoms with Crippen LogP contribution in [-0.4, -0.2) is 0 Å². The molecule has 2 aromatic rings. The Morgan fingerprint density at radius 2 is 1.41 bits per heavy atom. The lowest BCUT2D eigenvalue weighted by Crippen LogP contribution is -1.91. The van der Waals surface area contributed by atoms with Gasteiger partial charge >= 0.3 is 0 Å². The first-order valence-corrected chi connectivity index (χ1v) is 8.12. The molecule has 0 atom stereocenters. The smallest absolute Gasteiger partial charge is 0.0473 e. The van der Waals surface area contributed by atoms with Gasteiger partial charge in [-0.15, -0.1) is 0 Å². The van der Waals surface area contributed by atoms with Gasteiger partial charge in [-0.2, -0.15) is 0 Å². The third-order valence-electron chi connectivity index (χ3n) is 2.42. The average molecular weight is 484 g/mol. The minimum absolute atomic E-state index is 0.909. The maximum absolute atomic E-state index is 3.62. The molecule has 0 radical (unpaired) electrons. The van der Waals surface area contributed by atoms with E-state index >= 15 is 0 Å². The molecule has 17 heavy (non-hydrogen) atoms. The third kappa shape index (κ3) is 3.22. The Labute approximate surface area is 134 Å². The van der Waals surface area contributed by atoms with Crippen LogP contribution in [0.4, 0.5) is 0 Å². The van der Waals surface area contributed by atoms with E-state index in [1.165, 1.54) is 11.1 Å². The zero-order chi connectivity index (χ0) is 12.4. The molecule has 0 spiro atoms. The highest BCUT2D eigenvalue weighted by molar-refractivity contribution is 9.15.